The average molecular weight is 275 g/mol. The Labute approximate surface area is 116 Å². The topological polar surface area (TPSA) is 35.2 Å². The summed E-state index contributed by atoms with van der Waals surface area (Å²) >= 11 is 0. The Morgan fingerprint density at radius 2 is 2.00 bits per heavy atom. The van der Waals surface area contributed by atoms with Crippen LogP contribution in [0.5, 0.6) is 5.75 Å². The van der Waals surface area contributed by atoms with Crippen molar-refractivity contribution in [1.82, 2.24) is 0 Å². The number of aryl methyl sites for hydroxylation is 1. The minimum Gasteiger partial charge on any atom is -0.488 e. The Morgan fingerprint density at radius 1 is 1.20 bits per heavy atom. The first-order chi connectivity index (χ1) is 9.58. The normalized spacial score (nSPS) is 16.9. The van der Waals surface area contributed by atoms with Gasteiger partial charge in [-0.05, 0) is 36.2 Å². The van der Waals surface area contributed by atoms with Crippen molar-refractivity contribution in [3.63, 3.8) is 0 Å². The van der Waals surface area contributed by atoms with Crippen LogP contribution in [0.25, 0.3) is 11.1 Å². The van der Waals surface area contributed by atoms with Crippen molar-refractivity contribution in [2.24, 2.45) is 5.73 Å². The van der Waals surface area contributed by atoms with Crippen LogP contribution in [0, 0.1) is 18.6 Å². The molecule has 104 valence electrons. The molecule has 0 amide bonds. The second kappa shape index (κ2) is 4.87. The molecule has 0 fully saturated rings. The van der Waals surface area contributed by atoms with Gasteiger partial charge in [-0.2, -0.15) is 0 Å². The Balaban J connectivity index is 2.15. The van der Waals surface area contributed by atoms with Crippen LogP contribution in [0.1, 0.15) is 11.1 Å². The van der Waals surface area contributed by atoms with E-state index in [1.807, 2.05) is 19.1 Å². The molecule has 3 rings (SSSR count). The van der Waals surface area contributed by atoms with E-state index in [-0.39, 0.29) is 6.10 Å². The van der Waals surface area contributed by atoms with Crippen molar-refractivity contribution >= 4 is 0 Å². The van der Waals surface area contributed by atoms with E-state index in [0.29, 0.717) is 23.4 Å². The van der Waals surface area contributed by atoms with Gasteiger partial charge >= 0.3 is 0 Å². The summed E-state index contributed by atoms with van der Waals surface area (Å²) in [5.74, 6) is -0.509. The monoisotopic (exact) mass is 275 g/mol. The maximum absolute atomic E-state index is 14.0. The summed E-state index contributed by atoms with van der Waals surface area (Å²) in [7, 11) is 0. The third kappa shape index (κ3) is 2.16. The highest BCUT2D eigenvalue weighted by Crippen LogP contribution is 2.40. The fraction of sp³-hybridized carbons (Fsp3) is 0.250. The summed E-state index contributed by atoms with van der Waals surface area (Å²) in [6, 6.07) is 7.46. The van der Waals surface area contributed by atoms with Gasteiger partial charge in [-0.3, -0.25) is 0 Å². The van der Waals surface area contributed by atoms with E-state index < -0.39 is 11.6 Å². The minimum absolute atomic E-state index is 0.0749. The number of fused-ring (bicyclic) bond motifs is 1. The minimum atomic E-state index is -0.587. The maximum Gasteiger partial charge on any atom is 0.134 e. The van der Waals surface area contributed by atoms with Crippen molar-refractivity contribution in [3.8, 4) is 16.9 Å². The summed E-state index contributed by atoms with van der Waals surface area (Å²) in [4.78, 5) is 0. The Kier molecular flexibility index (Phi) is 3.18. The van der Waals surface area contributed by atoms with E-state index >= 15 is 0 Å². The van der Waals surface area contributed by atoms with Crippen LogP contribution in [-0.4, -0.2) is 12.6 Å². The molecule has 0 bridgehead atoms. The lowest BCUT2D eigenvalue weighted by Crippen LogP contribution is -2.24. The maximum atomic E-state index is 14.0. The first-order valence-electron chi connectivity index (χ1n) is 6.54. The molecule has 20 heavy (non-hydrogen) atoms. The molecule has 0 aliphatic carbocycles. The van der Waals surface area contributed by atoms with E-state index in [1.54, 1.807) is 0 Å². The summed E-state index contributed by atoms with van der Waals surface area (Å²) in [5.41, 5.74) is 8.70. The molecule has 0 radical (unpaired) electrons. The second-order valence-corrected chi connectivity index (χ2v) is 5.10. The summed E-state index contributed by atoms with van der Waals surface area (Å²) in [5, 5.41) is 0. The van der Waals surface area contributed by atoms with Gasteiger partial charge in [0.1, 0.15) is 23.5 Å². The third-order valence-corrected chi connectivity index (χ3v) is 3.53. The number of nitrogens with two attached hydrogens (primary N) is 1. The van der Waals surface area contributed by atoms with Crippen molar-refractivity contribution in [1.29, 1.82) is 0 Å². The van der Waals surface area contributed by atoms with E-state index in [2.05, 4.69) is 0 Å². The zero-order valence-electron chi connectivity index (χ0n) is 11.1. The molecule has 1 aliphatic heterocycles. The Hall–Kier alpha value is -1.94. The summed E-state index contributed by atoms with van der Waals surface area (Å²) in [6.45, 7) is 2.36. The van der Waals surface area contributed by atoms with Crippen LogP contribution >= 0.6 is 0 Å². The fourth-order valence-electron chi connectivity index (χ4n) is 2.63. The van der Waals surface area contributed by atoms with Crippen molar-refractivity contribution in [2.75, 3.05) is 6.54 Å². The SMILES string of the molecule is Cc1cc2c(c(-c3ccc(F)cc3F)c1)OC(CN)C2. The average Bonchev–Trinajstić information content (AvgIpc) is 2.81. The number of benzene rings is 2. The molecule has 2 aromatic carbocycles. The molecule has 0 saturated carbocycles. The molecule has 1 aliphatic rings. The quantitative estimate of drug-likeness (QED) is 0.913. The molecule has 2 N–H and O–H groups in total. The number of halogens is 2. The van der Waals surface area contributed by atoms with Crippen LogP contribution in [0.2, 0.25) is 0 Å². The van der Waals surface area contributed by atoms with Crippen LogP contribution in [0.15, 0.2) is 30.3 Å². The molecule has 0 aromatic heterocycles. The smallest absolute Gasteiger partial charge is 0.134 e. The fourth-order valence-corrected chi connectivity index (χ4v) is 2.63. The van der Waals surface area contributed by atoms with Gasteiger partial charge < -0.3 is 10.5 Å². The van der Waals surface area contributed by atoms with E-state index in [9.17, 15) is 8.78 Å². The summed E-state index contributed by atoms with van der Waals surface area (Å²) in [6.07, 6.45) is 0.651. The Morgan fingerprint density at radius 3 is 2.70 bits per heavy atom. The van der Waals surface area contributed by atoms with Gasteiger partial charge in [0, 0.05) is 30.2 Å². The molecular formula is C16H15F2NO. The van der Waals surface area contributed by atoms with Gasteiger partial charge in [0.15, 0.2) is 0 Å². The summed E-state index contributed by atoms with van der Waals surface area (Å²) < 4.78 is 32.8. The predicted molar refractivity (Wildman–Crippen MR) is 73.7 cm³/mol. The molecule has 1 heterocycles. The number of ether oxygens (including phenoxy) is 1. The third-order valence-electron chi connectivity index (χ3n) is 3.53. The first-order valence-corrected chi connectivity index (χ1v) is 6.54. The highest BCUT2D eigenvalue weighted by Gasteiger charge is 2.26. The zero-order valence-corrected chi connectivity index (χ0v) is 11.1. The standard InChI is InChI=1S/C16H15F2NO/c1-9-4-10-6-12(8-19)20-16(10)14(5-9)13-3-2-11(17)7-15(13)18/h2-5,7,12H,6,8,19H2,1H3. The van der Waals surface area contributed by atoms with E-state index in [0.717, 1.165) is 23.6 Å². The number of hydrogen-bond donors (Lipinski definition) is 1. The molecule has 4 heteroatoms. The van der Waals surface area contributed by atoms with E-state index in [1.165, 1.54) is 12.1 Å². The molecule has 1 unspecified atom stereocenters. The van der Waals surface area contributed by atoms with E-state index in [4.69, 9.17) is 10.5 Å². The predicted octanol–water partition coefficient (Wildman–Crippen LogP) is 3.20. The van der Waals surface area contributed by atoms with Crippen LogP contribution in [0.4, 0.5) is 8.78 Å². The van der Waals surface area contributed by atoms with Crippen LogP contribution < -0.4 is 10.5 Å². The largest absolute Gasteiger partial charge is 0.488 e. The number of hydrogen-bond acceptors (Lipinski definition) is 2. The van der Waals surface area contributed by atoms with Gasteiger partial charge in [0.05, 0.1) is 0 Å². The van der Waals surface area contributed by atoms with Gasteiger partial charge in [-0.25, -0.2) is 8.78 Å². The second-order valence-electron chi connectivity index (χ2n) is 5.10. The van der Waals surface area contributed by atoms with Crippen LogP contribution in [0.3, 0.4) is 0 Å². The van der Waals surface area contributed by atoms with Crippen molar-refractivity contribution < 1.29 is 13.5 Å². The van der Waals surface area contributed by atoms with Gasteiger partial charge in [0.2, 0.25) is 0 Å². The van der Waals surface area contributed by atoms with Crippen molar-refractivity contribution in [3.05, 3.63) is 53.1 Å². The van der Waals surface area contributed by atoms with Gasteiger partial charge in [-0.15, -0.1) is 0 Å². The molecule has 0 saturated heterocycles. The highest BCUT2D eigenvalue weighted by atomic mass is 19.1. The van der Waals surface area contributed by atoms with Gasteiger partial charge in [-0.1, -0.05) is 6.07 Å². The molecule has 2 aromatic rings. The lowest BCUT2D eigenvalue weighted by molar-refractivity contribution is 0.242. The lowest BCUT2D eigenvalue weighted by atomic mass is 9.97. The molecule has 0 spiro atoms. The zero-order chi connectivity index (χ0) is 14.3. The first kappa shape index (κ1) is 13.1. The highest BCUT2D eigenvalue weighted by molar-refractivity contribution is 5.74. The molecular weight excluding hydrogens is 260 g/mol. The Bertz CT molecular complexity index is 670. The van der Waals surface area contributed by atoms with Gasteiger partial charge in [0.25, 0.3) is 0 Å². The molecule has 1 atom stereocenters. The van der Waals surface area contributed by atoms with Crippen molar-refractivity contribution in [2.45, 2.75) is 19.4 Å². The molecule has 2 nitrogen and oxygen atoms in total. The lowest BCUT2D eigenvalue weighted by Gasteiger charge is -2.12. The van der Waals surface area contributed by atoms with Crippen LogP contribution in [-0.2, 0) is 6.42 Å². The number of rotatable bonds is 2.